The first-order valence-electron chi connectivity index (χ1n) is 6.84. The van der Waals surface area contributed by atoms with Gasteiger partial charge >= 0.3 is 0 Å². The van der Waals surface area contributed by atoms with Crippen LogP contribution in [0.2, 0.25) is 0 Å². The molecule has 0 bridgehead atoms. The van der Waals surface area contributed by atoms with Crippen molar-refractivity contribution in [2.45, 2.75) is 18.9 Å². The Hall–Kier alpha value is -2.08. The summed E-state index contributed by atoms with van der Waals surface area (Å²) < 4.78 is 5.28. The number of aromatic nitrogens is 2. The molecule has 1 amide bonds. The van der Waals surface area contributed by atoms with E-state index in [1.165, 1.54) is 0 Å². The second kappa shape index (κ2) is 5.50. The van der Waals surface area contributed by atoms with Gasteiger partial charge in [-0.1, -0.05) is 0 Å². The van der Waals surface area contributed by atoms with E-state index in [1.54, 1.807) is 18.4 Å². The summed E-state index contributed by atoms with van der Waals surface area (Å²) in [6, 6.07) is 5.89. The minimum atomic E-state index is -0.0198. The van der Waals surface area contributed by atoms with Gasteiger partial charge in [0.15, 0.2) is 11.5 Å². The molecule has 1 fully saturated rings. The second-order valence-corrected chi connectivity index (χ2v) is 5.00. The number of carbonyl (C=O) groups excluding carboxylic acids is 1. The molecule has 1 aliphatic rings. The second-order valence-electron chi connectivity index (χ2n) is 5.00. The van der Waals surface area contributed by atoms with Crippen molar-refractivity contribution in [2.24, 2.45) is 0 Å². The number of nitrogens with one attached hydrogen (secondary N) is 2. The van der Waals surface area contributed by atoms with Gasteiger partial charge in [-0.15, -0.1) is 0 Å². The van der Waals surface area contributed by atoms with E-state index in [1.807, 2.05) is 18.0 Å². The van der Waals surface area contributed by atoms with Gasteiger partial charge in [0.05, 0.1) is 6.26 Å². The number of likely N-dealkylation sites (tertiary alicyclic amines) is 1. The number of amides is 1. The largest absolute Gasteiger partial charge is 0.463 e. The van der Waals surface area contributed by atoms with Gasteiger partial charge in [0.1, 0.15) is 5.69 Å². The summed E-state index contributed by atoms with van der Waals surface area (Å²) in [6.45, 7) is 1.54. The Kier molecular flexibility index (Phi) is 3.56. The van der Waals surface area contributed by atoms with E-state index in [9.17, 15) is 4.79 Å². The number of piperidine rings is 1. The van der Waals surface area contributed by atoms with E-state index in [-0.39, 0.29) is 5.91 Å². The van der Waals surface area contributed by atoms with Crippen LogP contribution in [0.4, 0.5) is 0 Å². The molecule has 0 atom stereocenters. The van der Waals surface area contributed by atoms with E-state index in [0.717, 1.165) is 31.6 Å². The first-order valence-corrected chi connectivity index (χ1v) is 6.84. The molecule has 1 aliphatic heterocycles. The highest BCUT2D eigenvalue weighted by Gasteiger charge is 2.24. The van der Waals surface area contributed by atoms with Gasteiger partial charge in [-0.05, 0) is 32.0 Å². The Morgan fingerprint density at radius 3 is 2.95 bits per heavy atom. The van der Waals surface area contributed by atoms with Crippen LogP contribution in [0.15, 0.2) is 28.9 Å². The first-order chi connectivity index (χ1) is 9.78. The first kappa shape index (κ1) is 12.9. The molecule has 0 unspecified atom stereocenters. The number of nitrogens with zero attached hydrogens (tertiary/aromatic N) is 2. The van der Waals surface area contributed by atoms with Crippen LogP contribution in [0.5, 0.6) is 0 Å². The maximum atomic E-state index is 12.4. The highest BCUT2D eigenvalue weighted by molar-refractivity contribution is 5.93. The quantitative estimate of drug-likeness (QED) is 0.889. The fraction of sp³-hybridized carbons (Fsp3) is 0.429. The Morgan fingerprint density at radius 2 is 2.30 bits per heavy atom. The average molecular weight is 274 g/mol. The molecule has 6 nitrogen and oxygen atoms in total. The summed E-state index contributed by atoms with van der Waals surface area (Å²) in [7, 11) is 1.96. The van der Waals surface area contributed by atoms with Crippen LogP contribution in [-0.2, 0) is 0 Å². The minimum Gasteiger partial charge on any atom is -0.463 e. The van der Waals surface area contributed by atoms with Crippen molar-refractivity contribution in [3.8, 4) is 11.5 Å². The summed E-state index contributed by atoms with van der Waals surface area (Å²) in [6.07, 6.45) is 3.57. The van der Waals surface area contributed by atoms with Crippen LogP contribution >= 0.6 is 0 Å². The number of carbonyl (C=O) groups is 1. The third kappa shape index (κ3) is 2.46. The molecule has 106 valence electrons. The minimum absolute atomic E-state index is 0.0198. The van der Waals surface area contributed by atoms with Crippen molar-refractivity contribution in [1.82, 2.24) is 20.4 Å². The van der Waals surface area contributed by atoms with Crippen LogP contribution in [0, 0.1) is 0 Å². The van der Waals surface area contributed by atoms with E-state index in [4.69, 9.17) is 4.42 Å². The van der Waals surface area contributed by atoms with Gasteiger partial charge in [-0.2, -0.15) is 5.10 Å². The van der Waals surface area contributed by atoms with Gasteiger partial charge < -0.3 is 14.6 Å². The molecule has 2 aromatic rings. The maximum absolute atomic E-state index is 12.4. The van der Waals surface area contributed by atoms with Crippen LogP contribution in [0.3, 0.4) is 0 Å². The molecular formula is C14H18N4O2. The molecule has 0 spiro atoms. The van der Waals surface area contributed by atoms with Crippen LogP contribution < -0.4 is 5.32 Å². The summed E-state index contributed by atoms with van der Waals surface area (Å²) in [5.74, 6) is 0.666. The number of H-pyrrole nitrogens is 1. The van der Waals surface area contributed by atoms with Crippen molar-refractivity contribution in [3.05, 3.63) is 30.2 Å². The van der Waals surface area contributed by atoms with E-state index >= 15 is 0 Å². The molecular weight excluding hydrogens is 256 g/mol. The maximum Gasteiger partial charge on any atom is 0.274 e. The average Bonchev–Trinajstić information content (AvgIpc) is 3.17. The zero-order chi connectivity index (χ0) is 13.9. The smallest absolute Gasteiger partial charge is 0.274 e. The van der Waals surface area contributed by atoms with Crippen LogP contribution in [-0.4, -0.2) is 47.2 Å². The van der Waals surface area contributed by atoms with E-state index < -0.39 is 0 Å². The number of furan rings is 1. The molecule has 20 heavy (non-hydrogen) atoms. The highest BCUT2D eigenvalue weighted by Crippen LogP contribution is 2.19. The van der Waals surface area contributed by atoms with E-state index in [0.29, 0.717) is 17.5 Å². The van der Waals surface area contributed by atoms with Gasteiger partial charge in [0.25, 0.3) is 5.91 Å². The van der Waals surface area contributed by atoms with Crippen molar-refractivity contribution < 1.29 is 9.21 Å². The van der Waals surface area contributed by atoms with Crippen molar-refractivity contribution in [2.75, 3.05) is 20.1 Å². The number of rotatable bonds is 3. The fourth-order valence-electron chi connectivity index (χ4n) is 2.52. The van der Waals surface area contributed by atoms with E-state index in [2.05, 4.69) is 15.5 Å². The van der Waals surface area contributed by atoms with Gasteiger partial charge in [-0.3, -0.25) is 9.89 Å². The molecule has 3 heterocycles. The fourth-order valence-corrected chi connectivity index (χ4v) is 2.52. The molecule has 2 aromatic heterocycles. The monoisotopic (exact) mass is 274 g/mol. The Labute approximate surface area is 117 Å². The normalized spacial score (nSPS) is 16.6. The topological polar surface area (TPSA) is 74.2 Å². The lowest BCUT2D eigenvalue weighted by atomic mass is 10.1. The van der Waals surface area contributed by atoms with Gasteiger partial charge in [0, 0.05) is 25.2 Å². The zero-order valence-corrected chi connectivity index (χ0v) is 11.4. The third-order valence-electron chi connectivity index (χ3n) is 3.77. The summed E-state index contributed by atoms with van der Waals surface area (Å²) in [4.78, 5) is 14.2. The van der Waals surface area contributed by atoms with Gasteiger partial charge in [0.2, 0.25) is 0 Å². The molecule has 2 N–H and O–H groups in total. The highest BCUT2D eigenvalue weighted by atomic mass is 16.3. The molecule has 0 radical (unpaired) electrons. The lowest BCUT2D eigenvalue weighted by Gasteiger charge is -2.31. The zero-order valence-electron chi connectivity index (χ0n) is 11.4. The molecule has 0 aromatic carbocycles. The summed E-state index contributed by atoms with van der Waals surface area (Å²) >= 11 is 0. The molecule has 0 saturated carbocycles. The lowest BCUT2D eigenvalue weighted by molar-refractivity contribution is 0.0701. The molecule has 1 saturated heterocycles. The van der Waals surface area contributed by atoms with Crippen molar-refractivity contribution in [3.63, 3.8) is 0 Å². The predicted molar refractivity (Wildman–Crippen MR) is 74.3 cm³/mol. The van der Waals surface area contributed by atoms with Crippen molar-refractivity contribution in [1.29, 1.82) is 0 Å². The van der Waals surface area contributed by atoms with Gasteiger partial charge in [-0.25, -0.2) is 0 Å². The summed E-state index contributed by atoms with van der Waals surface area (Å²) in [5.41, 5.74) is 1.17. The van der Waals surface area contributed by atoms with Crippen molar-refractivity contribution >= 4 is 5.91 Å². The third-order valence-corrected chi connectivity index (χ3v) is 3.77. The molecule has 0 aliphatic carbocycles. The number of hydrogen-bond acceptors (Lipinski definition) is 4. The summed E-state index contributed by atoms with van der Waals surface area (Å²) in [5, 5.41) is 10.2. The molecule has 6 heteroatoms. The number of hydrogen-bond donors (Lipinski definition) is 2. The van der Waals surface area contributed by atoms with Crippen LogP contribution in [0.25, 0.3) is 11.5 Å². The Morgan fingerprint density at radius 1 is 1.50 bits per heavy atom. The van der Waals surface area contributed by atoms with Crippen LogP contribution in [0.1, 0.15) is 23.3 Å². The Bertz CT molecular complexity index is 568. The number of aromatic amines is 1. The predicted octanol–water partition coefficient (Wildman–Crippen LogP) is 1.49. The Balaban J connectivity index is 1.69. The molecule has 3 rings (SSSR count). The SMILES string of the molecule is CNC1CCN(C(=O)c2cc(-c3ccco3)[nH]n2)CC1. The lowest BCUT2D eigenvalue weighted by Crippen LogP contribution is -2.44. The standard InChI is InChI=1S/C14H18N4O2/c1-15-10-4-6-18(7-5-10)14(19)12-9-11(16-17-12)13-3-2-8-20-13/h2-3,8-10,15H,4-7H2,1H3,(H,16,17).